The molecule has 2 aliphatic heterocycles. The number of thioether (sulfide) groups is 2. The third-order valence-corrected chi connectivity index (χ3v) is 8.16. The number of nitrogens with two attached hydrogens (primary N) is 1. The molecule has 3 atom stereocenters. The number of oxime groups is 1. The Labute approximate surface area is 231 Å². The van der Waals surface area contributed by atoms with Crippen LogP contribution in [0.25, 0.3) is 0 Å². The molecular weight excluding hydrogens is 576 g/mol. The van der Waals surface area contributed by atoms with Crippen LogP contribution in [0.1, 0.15) is 12.7 Å². The number of nitrogens with zero attached hydrogens (tertiary/aromatic N) is 8. The molecule has 2 unspecified atom stereocenters. The maximum absolute atomic E-state index is 13.0. The monoisotopic (exact) mass is 596 g/mol. The zero-order chi connectivity index (χ0) is 28.3. The molecule has 1 saturated heterocycles. The fourth-order valence-corrected chi connectivity index (χ4v) is 6.19. The molecule has 4 heterocycles. The predicted molar refractivity (Wildman–Crippen MR) is 137 cm³/mol. The van der Waals surface area contributed by atoms with Crippen LogP contribution in [-0.2, 0) is 30.6 Å². The number of tetrazole rings is 1. The lowest BCUT2D eigenvalue weighted by molar-refractivity contribution is -0.150. The normalized spacial score (nSPS) is 19.7. The molecule has 4 rings (SSSR count). The summed E-state index contributed by atoms with van der Waals surface area (Å²) in [5, 5.41) is 36.1. The number of allylic oxidation sites excluding steroid dienone is 1. The highest BCUT2D eigenvalue weighted by Gasteiger charge is 2.54. The highest BCUT2D eigenvalue weighted by atomic mass is 32.2. The number of amides is 2. The minimum atomic E-state index is -1.39. The Morgan fingerprint density at radius 3 is 2.82 bits per heavy atom. The van der Waals surface area contributed by atoms with E-state index in [0.717, 1.165) is 16.4 Å². The largest absolute Gasteiger partial charge is 0.478 e. The predicted octanol–water partition coefficient (Wildman–Crippen LogP) is -0.982. The molecule has 0 bridgehead atoms. The number of carboxylic acids is 2. The van der Waals surface area contributed by atoms with Gasteiger partial charge in [0.25, 0.3) is 11.8 Å². The summed E-state index contributed by atoms with van der Waals surface area (Å²) in [5.41, 5.74) is 5.40. The Morgan fingerprint density at radius 1 is 1.41 bits per heavy atom. The number of hydrogen-bond acceptors (Lipinski definition) is 15. The number of carboxylic acid groups (broad SMARTS) is 2. The van der Waals surface area contributed by atoms with Crippen LogP contribution in [0.2, 0.25) is 0 Å². The summed E-state index contributed by atoms with van der Waals surface area (Å²) in [7, 11) is 0. The summed E-state index contributed by atoms with van der Waals surface area (Å²) in [4.78, 5) is 59.1. The van der Waals surface area contributed by atoms with Gasteiger partial charge in [0.15, 0.2) is 5.13 Å². The van der Waals surface area contributed by atoms with E-state index in [9.17, 15) is 24.3 Å². The number of nitrogens with one attached hydrogen (secondary N) is 1. The van der Waals surface area contributed by atoms with Gasteiger partial charge in [-0.1, -0.05) is 23.0 Å². The number of rotatable bonds is 12. The Bertz CT molecular complexity index is 1390. The number of fused-ring (bicyclic) bond motifs is 1. The number of nitrogen functional groups attached to an aromatic ring is 1. The first-order chi connectivity index (χ1) is 18.6. The second-order valence-corrected chi connectivity index (χ2v) is 10.7. The van der Waals surface area contributed by atoms with Crippen LogP contribution in [0.4, 0.5) is 5.13 Å². The van der Waals surface area contributed by atoms with Gasteiger partial charge in [-0.05, 0) is 22.9 Å². The van der Waals surface area contributed by atoms with Crippen molar-refractivity contribution in [1.82, 2.24) is 39.8 Å². The van der Waals surface area contributed by atoms with Gasteiger partial charge in [-0.2, -0.15) is 9.36 Å². The van der Waals surface area contributed by atoms with Crippen molar-refractivity contribution in [1.29, 1.82) is 0 Å². The quantitative estimate of drug-likeness (QED) is 0.0756. The van der Waals surface area contributed by atoms with Crippen LogP contribution >= 0.6 is 35.1 Å². The molecule has 2 aromatic rings. The maximum Gasteiger partial charge on any atom is 0.352 e. The van der Waals surface area contributed by atoms with E-state index in [0.29, 0.717) is 17.3 Å². The van der Waals surface area contributed by atoms with E-state index in [2.05, 4.69) is 41.9 Å². The van der Waals surface area contributed by atoms with Gasteiger partial charge < -0.3 is 26.1 Å². The first kappa shape index (κ1) is 28.0. The number of carbonyl (C=O) groups excluding carboxylic acids is 2. The van der Waals surface area contributed by atoms with Crippen molar-refractivity contribution < 1.29 is 34.2 Å². The fourth-order valence-electron chi connectivity index (χ4n) is 3.38. The van der Waals surface area contributed by atoms with E-state index >= 15 is 0 Å². The molecule has 2 aliphatic rings. The van der Waals surface area contributed by atoms with Gasteiger partial charge in [-0.3, -0.25) is 14.5 Å². The number of hydrogen-bond donors (Lipinski definition) is 4. The molecule has 17 nitrogen and oxygen atoms in total. The average molecular weight is 597 g/mol. The van der Waals surface area contributed by atoms with Gasteiger partial charge in [0.05, 0.1) is 6.54 Å². The third-order valence-electron chi connectivity index (χ3n) is 5.23. The molecule has 2 aromatic heterocycles. The van der Waals surface area contributed by atoms with Gasteiger partial charge in [0.1, 0.15) is 17.1 Å². The van der Waals surface area contributed by atoms with Gasteiger partial charge in [-0.25, -0.2) is 14.3 Å². The van der Waals surface area contributed by atoms with Crippen LogP contribution in [0, 0.1) is 0 Å². The summed E-state index contributed by atoms with van der Waals surface area (Å²) in [6, 6.07) is -1.09. The topological polar surface area (TPSA) is 241 Å². The van der Waals surface area contributed by atoms with Gasteiger partial charge in [0.2, 0.25) is 22.8 Å². The van der Waals surface area contributed by atoms with Crippen molar-refractivity contribution in [2.24, 2.45) is 5.16 Å². The molecule has 0 spiro atoms. The van der Waals surface area contributed by atoms with E-state index < -0.39 is 47.0 Å². The van der Waals surface area contributed by atoms with E-state index in [-0.39, 0.29) is 28.2 Å². The van der Waals surface area contributed by atoms with Crippen LogP contribution in [0.3, 0.4) is 0 Å². The minimum absolute atomic E-state index is 0.0191. The second kappa shape index (κ2) is 11.8. The highest BCUT2D eigenvalue weighted by Crippen LogP contribution is 2.41. The molecule has 0 saturated carbocycles. The lowest BCUT2D eigenvalue weighted by Crippen LogP contribution is -2.71. The van der Waals surface area contributed by atoms with Crippen molar-refractivity contribution in [2.45, 2.75) is 36.1 Å². The number of aliphatic carboxylic acids is 2. The van der Waals surface area contributed by atoms with Crippen LogP contribution in [0.5, 0.6) is 0 Å². The van der Waals surface area contributed by atoms with E-state index in [1.54, 1.807) is 6.08 Å². The van der Waals surface area contributed by atoms with Crippen molar-refractivity contribution >= 4 is 69.7 Å². The van der Waals surface area contributed by atoms with Crippen LogP contribution in [0.15, 0.2) is 34.2 Å². The smallest absolute Gasteiger partial charge is 0.352 e. The number of anilines is 1. The Kier molecular flexibility index (Phi) is 8.45. The first-order valence-corrected chi connectivity index (χ1v) is 13.7. The molecule has 39 heavy (non-hydrogen) atoms. The fraction of sp³-hybridized carbons (Fsp3) is 0.368. The van der Waals surface area contributed by atoms with Crippen molar-refractivity contribution in [3.63, 3.8) is 0 Å². The van der Waals surface area contributed by atoms with E-state index in [1.807, 2.05) is 0 Å². The van der Waals surface area contributed by atoms with Crippen LogP contribution in [-0.4, -0.2) is 103 Å². The Hall–Kier alpha value is -4.04. The zero-order valence-corrected chi connectivity index (χ0v) is 22.4. The summed E-state index contributed by atoms with van der Waals surface area (Å²) in [5.74, 6) is -3.94. The van der Waals surface area contributed by atoms with Crippen molar-refractivity contribution in [2.75, 3.05) is 17.2 Å². The molecule has 2 amide bonds. The third kappa shape index (κ3) is 5.86. The summed E-state index contributed by atoms with van der Waals surface area (Å²) < 4.78 is 5.40. The van der Waals surface area contributed by atoms with E-state index in [1.165, 1.54) is 35.1 Å². The maximum atomic E-state index is 13.0. The lowest BCUT2D eigenvalue weighted by atomic mass is 10.0. The molecule has 206 valence electrons. The standard InChI is InChI=1S/C19H20N10O7S3/c1-3-4-28-19(23-26-27-28)38-6-8-5-37-15-10(14(31)29(15)11(8)17(34)35)21-13(30)9(12-22-18(20)39-25-12)24-36-7(2)16(32)33/h3,7,10,15H,1,4-6H2,2H3,(H,21,30)(H,32,33)(H,34,35)(H2,20,22,25)/t7?,10?,15-/m0/s1. The molecule has 20 heteroatoms. The summed E-state index contributed by atoms with van der Waals surface area (Å²) in [6.07, 6.45) is 0.227. The average Bonchev–Trinajstić information content (AvgIpc) is 3.53. The van der Waals surface area contributed by atoms with Gasteiger partial charge in [0, 0.05) is 23.0 Å². The first-order valence-electron chi connectivity index (χ1n) is 10.9. The molecular formula is C19H20N10O7S3. The highest BCUT2D eigenvalue weighted by molar-refractivity contribution is 8.01. The zero-order valence-electron chi connectivity index (χ0n) is 20.0. The molecule has 0 aromatic carbocycles. The van der Waals surface area contributed by atoms with E-state index in [4.69, 9.17) is 15.7 Å². The minimum Gasteiger partial charge on any atom is -0.478 e. The van der Waals surface area contributed by atoms with Gasteiger partial charge >= 0.3 is 11.9 Å². The molecule has 5 N–H and O–H groups in total. The lowest BCUT2D eigenvalue weighted by Gasteiger charge is -2.49. The summed E-state index contributed by atoms with van der Waals surface area (Å²) in [6.45, 7) is 5.21. The van der Waals surface area contributed by atoms with Crippen molar-refractivity contribution in [3.8, 4) is 0 Å². The molecule has 0 aliphatic carbocycles. The summed E-state index contributed by atoms with van der Waals surface area (Å²) >= 11 is 3.25. The molecule has 1 fully saturated rings. The number of carbonyl (C=O) groups is 4. The Morgan fingerprint density at radius 2 is 2.18 bits per heavy atom. The Balaban J connectivity index is 1.50. The number of β-lactam (4-membered cyclic amide) rings is 1. The molecule has 0 radical (unpaired) electrons. The van der Waals surface area contributed by atoms with Gasteiger partial charge in [-0.15, -0.1) is 23.4 Å². The van der Waals surface area contributed by atoms with Crippen molar-refractivity contribution in [3.05, 3.63) is 29.7 Å². The van der Waals surface area contributed by atoms with Crippen LogP contribution < -0.4 is 11.1 Å². The second-order valence-electron chi connectivity index (χ2n) is 7.82. The number of aromatic nitrogens is 6. The SMILES string of the molecule is C=CCn1nnnc1SCC1=C(C(=O)O)N2C(=O)C(NC(=O)C(=NOC(C)C(=O)O)c3nsc(N)n3)[C@@H]2SC1.